The largest absolute Gasteiger partial charge is 0.495 e. The maximum Gasteiger partial charge on any atom is 0.168 e. The van der Waals surface area contributed by atoms with Gasteiger partial charge in [-0.1, -0.05) is 29.8 Å². The molecule has 4 heteroatoms. The molecule has 2 aromatic heterocycles. The van der Waals surface area contributed by atoms with Crippen molar-refractivity contribution in [2.24, 2.45) is 0 Å². The molecule has 0 aliphatic heterocycles. The lowest BCUT2D eigenvalue weighted by Gasteiger charge is -2.03. The summed E-state index contributed by atoms with van der Waals surface area (Å²) in [5.41, 5.74) is 3.08. The Morgan fingerprint density at radius 1 is 1.00 bits per heavy atom. The van der Waals surface area contributed by atoms with Crippen LogP contribution < -0.4 is 4.74 Å². The second-order valence-electron chi connectivity index (χ2n) is 4.19. The molecule has 0 N–H and O–H groups in total. The van der Waals surface area contributed by atoms with Crippen molar-refractivity contribution in [1.82, 2.24) is 14.6 Å². The maximum atomic E-state index is 5.23. The van der Waals surface area contributed by atoms with Gasteiger partial charge in [-0.25, -0.2) is 0 Å². The summed E-state index contributed by atoms with van der Waals surface area (Å²) in [5, 5.41) is 8.38. The minimum Gasteiger partial charge on any atom is -0.495 e. The minimum atomic E-state index is 0.788. The molecule has 0 radical (unpaired) electrons. The highest BCUT2D eigenvalue weighted by atomic mass is 16.5. The third-order valence-corrected chi connectivity index (χ3v) is 2.92. The van der Waals surface area contributed by atoms with E-state index in [0.717, 1.165) is 22.8 Å². The molecule has 0 aliphatic rings. The lowest BCUT2D eigenvalue weighted by molar-refractivity contribution is 0.412. The lowest BCUT2D eigenvalue weighted by atomic mass is 10.1. The molecule has 2 heterocycles. The standard InChI is InChI=1S/C14H13N3O/c1-10-3-5-11(6-4-10)14-16-15-13-8-7-12(18-2)9-17(13)14/h3-9H,1-2H3. The Morgan fingerprint density at radius 2 is 1.78 bits per heavy atom. The molecule has 4 nitrogen and oxygen atoms in total. The number of aryl methyl sites for hydroxylation is 1. The normalized spacial score (nSPS) is 10.8. The molecule has 0 aliphatic carbocycles. The molecular formula is C14H13N3O. The number of nitrogens with zero attached hydrogens (tertiary/aromatic N) is 3. The van der Waals surface area contributed by atoms with Gasteiger partial charge in [-0.2, -0.15) is 0 Å². The summed E-state index contributed by atoms with van der Waals surface area (Å²) in [6.45, 7) is 2.06. The molecule has 18 heavy (non-hydrogen) atoms. The number of rotatable bonds is 2. The van der Waals surface area contributed by atoms with Gasteiger partial charge in [-0.3, -0.25) is 4.40 Å². The summed E-state index contributed by atoms with van der Waals surface area (Å²) >= 11 is 0. The fourth-order valence-electron chi connectivity index (χ4n) is 1.89. The smallest absolute Gasteiger partial charge is 0.168 e. The summed E-state index contributed by atoms with van der Waals surface area (Å²) in [5.74, 6) is 1.61. The Hall–Kier alpha value is -2.36. The first kappa shape index (κ1) is 10.8. The van der Waals surface area contributed by atoms with Gasteiger partial charge in [0.1, 0.15) is 5.75 Å². The van der Waals surface area contributed by atoms with Crippen molar-refractivity contribution in [1.29, 1.82) is 0 Å². The summed E-state index contributed by atoms with van der Waals surface area (Å²) in [4.78, 5) is 0. The average molecular weight is 239 g/mol. The molecule has 0 fully saturated rings. The molecule has 3 rings (SSSR count). The van der Waals surface area contributed by atoms with Crippen LogP contribution in [0.4, 0.5) is 0 Å². The SMILES string of the molecule is COc1ccc2nnc(-c3ccc(C)cc3)n2c1. The summed E-state index contributed by atoms with van der Waals surface area (Å²) in [6, 6.07) is 12.0. The molecule has 0 atom stereocenters. The second kappa shape index (κ2) is 4.14. The first-order chi connectivity index (χ1) is 8.78. The van der Waals surface area contributed by atoms with Crippen LogP contribution in [0.5, 0.6) is 5.75 Å². The molecule has 0 bridgehead atoms. The molecule has 0 amide bonds. The Labute approximate surface area is 105 Å². The first-order valence-corrected chi connectivity index (χ1v) is 5.74. The Morgan fingerprint density at radius 3 is 2.50 bits per heavy atom. The highest BCUT2D eigenvalue weighted by Crippen LogP contribution is 2.21. The summed E-state index contributed by atoms with van der Waals surface area (Å²) in [7, 11) is 1.65. The van der Waals surface area contributed by atoms with Crippen molar-refractivity contribution in [2.75, 3.05) is 7.11 Å². The number of ether oxygens (including phenoxy) is 1. The third kappa shape index (κ3) is 1.72. The molecule has 0 unspecified atom stereocenters. The molecule has 1 aromatic carbocycles. The lowest BCUT2D eigenvalue weighted by Crippen LogP contribution is -1.91. The van der Waals surface area contributed by atoms with E-state index in [1.54, 1.807) is 7.11 Å². The van der Waals surface area contributed by atoms with Crippen LogP contribution in [-0.4, -0.2) is 21.7 Å². The van der Waals surface area contributed by atoms with Gasteiger partial charge in [0.15, 0.2) is 11.5 Å². The predicted molar refractivity (Wildman–Crippen MR) is 69.7 cm³/mol. The quantitative estimate of drug-likeness (QED) is 0.690. The predicted octanol–water partition coefficient (Wildman–Crippen LogP) is 2.71. The van der Waals surface area contributed by atoms with E-state index >= 15 is 0 Å². The third-order valence-electron chi connectivity index (χ3n) is 2.92. The fourth-order valence-corrected chi connectivity index (χ4v) is 1.89. The Bertz CT molecular complexity index is 686. The Kier molecular flexibility index (Phi) is 2.48. The molecular weight excluding hydrogens is 226 g/mol. The average Bonchev–Trinajstić information content (AvgIpc) is 2.82. The van der Waals surface area contributed by atoms with Gasteiger partial charge < -0.3 is 4.74 Å². The molecule has 0 saturated carbocycles. The summed E-state index contributed by atoms with van der Waals surface area (Å²) < 4.78 is 7.16. The topological polar surface area (TPSA) is 39.4 Å². The van der Waals surface area contributed by atoms with Gasteiger partial charge >= 0.3 is 0 Å². The van der Waals surface area contributed by atoms with Crippen LogP contribution in [0.15, 0.2) is 42.6 Å². The van der Waals surface area contributed by atoms with Gasteiger partial charge in [-0.15, -0.1) is 10.2 Å². The van der Waals surface area contributed by atoms with Gasteiger partial charge in [-0.05, 0) is 19.1 Å². The van der Waals surface area contributed by atoms with Gasteiger partial charge in [0.05, 0.1) is 13.3 Å². The van der Waals surface area contributed by atoms with Crippen molar-refractivity contribution >= 4 is 5.65 Å². The highest BCUT2D eigenvalue weighted by molar-refractivity contribution is 5.60. The van der Waals surface area contributed by atoms with Crippen LogP contribution in [0.1, 0.15) is 5.56 Å². The van der Waals surface area contributed by atoms with E-state index in [1.165, 1.54) is 5.56 Å². The zero-order chi connectivity index (χ0) is 12.5. The molecule has 90 valence electrons. The zero-order valence-electron chi connectivity index (χ0n) is 10.3. The number of benzene rings is 1. The Balaban J connectivity index is 2.19. The van der Waals surface area contributed by atoms with Crippen molar-refractivity contribution < 1.29 is 4.74 Å². The van der Waals surface area contributed by atoms with E-state index in [2.05, 4.69) is 29.3 Å². The first-order valence-electron chi connectivity index (χ1n) is 5.74. The second-order valence-corrected chi connectivity index (χ2v) is 4.19. The van der Waals surface area contributed by atoms with E-state index in [9.17, 15) is 0 Å². The van der Waals surface area contributed by atoms with E-state index in [1.807, 2.05) is 34.9 Å². The number of methoxy groups -OCH3 is 1. The van der Waals surface area contributed by atoms with Crippen molar-refractivity contribution in [3.8, 4) is 17.1 Å². The highest BCUT2D eigenvalue weighted by Gasteiger charge is 2.08. The van der Waals surface area contributed by atoms with Gasteiger partial charge in [0.25, 0.3) is 0 Å². The van der Waals surface area contributed by atoms with Crippen molar-refractivity contribution in [2.45, 2.75) is 6.92 Å². The van der Waals surface area contributed by atoms with E-state index in [-0.39, 0.29) is 0 Å². The monoisotopic (exact) mass is 239 g/mol. The van der Waals surface area contributed by atoms with Crippen LogP contribution in [0.3, 0.4) is 0 Å². The van der Waals surface area contributed by atoms with E-state index in [0.29, 0.717) is 0 Å². The summed E-state index contributed by atoms with van der Waals surface area (Å²) in [6.07, 6.45) is 1.89. The van der Waals surface area contributed by atoms with E-state index in [4.69, 9.17) is 4.74 Å². The van der Waals surface area contributed by atoms with Gasteiger partial charge in [0.2, 0.25) is 0 Å². The van der Waals surface area contributed by atoms with Crippen LogP contribution in [0.25, 0.3) is 17.0 Å². The van der Waals surface area contributed by atoms with Crippen molar-refractivity contribution in [3.05, 3.63) is 48.2 Å². The van der Waals surface area contributed by atoms with Crippen molar-refractivity contribution in [3.63, 3.8) is 0 Å². The molecule has 0 saturated heterocycles. The van der Waals surface area contributed by atoms with Crippen LogP contribution in [-0.2, 0) is 0 Å². The fraction of sp³-hybridized carbons (Fsp3) is 0.143. The molecule has 0 spiro atoms. The minimum absolute atomic E-state index is 0.788. The van der Waals surface area contributed by atoms with E-state index < -0.39 is 0 Å². The number of fused-ring (bicyclic) bond motifs is 1. The van der Waals surface area contributed by atoms with Crippen LogP contribution in [0, 0.1) is 6.92 Å². The number of hydrogen-bond donors (Lipinski definition) is 0. The zero-order valence-corrected chi connectivity index (χ0v) is 10.3. The van der Waals surface area contributed by atoms with Crippen LogP contribution >= 0.6 is 0 Å². The number of aromatic nitrogens is 3. The van der Waals surface area contributed by atoms with Gasteiger partial charge in [0, 0.05) is 5.56 Å². The number of pyridine rings is 1. The maximum absolute atomic E-state index is 5.23. The number of hydrogen-bond acceptors (Lipinski definition) is 3. The molecule has 3 aromatic rings. The van der Waals surface area contributed by atoms with Crippen LogP contribution in [0.2, 0.25) is 0 Å².